The minimum atomic E-state index is -0.484. The summed E-state index contributed by atoms with van der Waals surface area (Å²) in [4.78, 5) is 25.9. The number of phenolic OH excluding ortho intramolecular Hbond substituents is 1. The number of urea groups is 1. The van der Waals surface area contributed by atoms with Crippen LogP contribution < -0.4 is 10.1 Å². The molecule has 1 aliphatic rings. The monoisotopic (exact) mass is 352 g/mol. The molecule has 0 saturated carbocycles. The van der Waals surface area contributed by atoms with E-state index in [0.29, 0.717) is 17.9 Å². The Morgan fingerprint density at radius 2 is 1.88 bits per heavy atom. The van der Waals surface area contributed by atoms with Crippen LogP contribution in [0.1, 0.15) is 23.6 Å². The Labute approximate surface area is 151 Å². The first kappa shape index (κ1) is 17.5. The summed E-state index contributed by atoms with van der Waals surface area (Å²) in [6, 6.07) is 12.1. The van der Waals surface area contributed by atoms with Gasteiger partial charge in [0.25, 0.3) is 5.91 Å². The number of carbonyl (C=O) groups excluding carboxylic acids is 2. The zero-order valence-corrected chi connectivity index (χ0v) is 14.7. The number of nitrogens with zero attached hydrogens (tertiary/aromatic N) is 1. The Morgan fingerprint density at radius 1 is 1.15 bits per heavy atom. The average Bonchev–Trinajstić information content (AvgIpc) is 2.88. The molecule has 0 radical (unpaired) electrons. The molecule has 3 rings (SSSR count). The first-order chi connectivity index (χ1) is 12.5. The second kappa shape index (κ2) is 7.31. The highest BCUT2D eigenvalue weighted by Gasteiger charge is 2.33. The molecular formula is C20H20N2O4. The van der Waals surface area contributed by atoms with E-state index in [1.165, 1.54) is 6.08 Å². The maximum atomic E-state index is 12.6. The van der Waals surface area contributed by atoms with Gasteiger partial charge >= 0.3 is 6.03 Å². The summed E-state index contributed by atoms with van der Waals surface area (Å²) >= 11 is 0. The van der Waals surface area contributed by atoms with Gasteiger partial charge in [-0.2, -0.15) is 0 Å². The van der Waals surface area contributed by atoms with Crippen molar-refractivity contribution in [1.82, 2.24) is 10.2 Å². The van der Waals surface area contributed by atoms with Gasteiger partial charge in [0.05, 0.1) is 13.2 Å². The number of para-hydroxylation sites is 1. The first-order valence-corrected chi connectivity index (χ1v) is 8.34. The largest absolute Gasteiger partial charge is 0.504 e. The molecule has 1 fully saturated rings. The number of ether oxygens (including phenoxy) is 1. The van der Waals surface area contributed by atoms with Crippen LogP contribution in [0, 0.1) is 6.92 Å². The highest BCUT2D eigenvalue weighted by atomic mass is 16.5. The van der Waals surface area contributed by atoms with Crippen molar-refractivity contribution in [1.29, 1.82) is 0 Å². The minimum Gasteiger partial charge on any atom is -0.504 e. The lowest BCUT2D eigenvalue weighted by molar-refractivity contribution is -0.123. The third-order valence-corrected chi connectivity index (χ3v) is 4.05. The van der Waals surface area contributed by atoms with Crippen molar-refractivity contribution in [3.63, 3.8) is 0 Å². The number of aryl methyl sites for hydroxylation is 1. The van der Waals surface area contributed by atoms with Gasteiger partial charge in [-0.3, -0.25) is 9.69 Å². The molecule has 6 nitrogen and oxygen atoms in total. The molecule has 2 N–H and O–H groups in total. The first-order valence-electron chi connectivity index (χ1n) is 8.34. The molecule has 134 valence electrons. The molecule has 6 heteroatoms. The van der Waals surface area contributed by atoms with E-state index in [9.17, 15) is 14.7 Å². The number of hydrogen-bond acceptors (Lipinski definition) is 4. The van der Waals surface area contributed by atoms with E-state index in [4.69, 9.17) is 4.74 Å². The molecule has 0 spiro atoms. The Hall–Kier alpha value is -3.28. The highest BCUT2D eigenvalue weighted by molar-refractivity contribution is 6.14. The van der Waals surface area contributed by atoms with E-state index in [1.807, 2.05) is 38.1 Å². The fraction of sp³-hybridized carbons (Fsp3) is 0.200. The molecule has 1 aliphatic heterocycles. The van der Waals surface area contributed by atoms with Crippen LogP contribution in [0.2, 0.25) is 0 Å². The van der Waals surface area contributed by atoms with Crippen LogP contribution >= 0.6 is 0 Å². The summed E-state index contributed by atoms with van der Waals surface area (Å²) in [5, 5.41) is 12.8. The number of rotatable bonds is 5. The molecular weight excluding hydrogens is 332 g/mol. The van der Waals surface area contributed by atoms with Gasteiger partial charge in [0, 0.05) is 5.56 Å². The lowest BCUT2D eigenvalue weighted by atomic mass is 10.1. The van der Waals surface area contributed by atoms with Gasteiger partial charge in [-0.1, -0.05) is 42.0 Å². The summed E-state index contributed by atoms with van der Waals surface area (Å²) in [5.74, 6) is -0.173. The maximum Gasteiger partial charge on any atom is 0.329 e. The molecule has 0 unspecified atom stereocenters. The average molecular weight is 352 g/mol. The van der Waals surface area contributed by atoms with Gasteiger partial charge in [-0.05, 0) is 31.6 Å². The Kier molecular flexibility index (Phi) is 4.93. The minimum absolute atomic E-state index is 0.0686. The number of benzene rings is 2. The highest BCUT2D eigenvalue weighted by Crippen LogP contribution is 2.31. The van der Waals surface area contributed by atoms with Gasteiger partial charge in [0.15, 0.2) is 11.5 Å². The fourth-order valence-electron chi connectivity index (χ4n) is 2.67. The standard InChI is InChI=1S/C20H20N2O4/c1-3-26-17-6-4-5-15(18(17)23)11-16-19(24)22(20(25)21-16)12-14-9-7-13(2)8-10-14/h4-11,23H,3,12H2,1-2H3,(H,21,25)/b16-11+. The Balaban J connectivity index is 1.83. The summed E-state index contributed by atoms with van der Waals surface area (Å²) < 4.78 is 5.34. The lowest BCUT2D eigenvalue weighted by Gasteiger charge is -2.12. The topological polar surface area (TPSA) is 78.9 Å². The molecule has 0 bridgehead atoms. The van der Waals surface area contributed by atoms with Crippen molar-refractivity contribution >= 4 is 18.0 Å². The summed E-state index contributed by atoms with van der Waals surface area (Å²) in [7, 11) is 0. The molecule has 26 heavy (non-hydrogen) atoms. The molecule has 0 aromatic heterocycles. The van der Waals surface area contributed by atoms with Gasteiger partial charge in [-0.25, -0.2) is 4.79 Å². The summed E-state index contributed by atoms with van der Waals surface area (Å²) in [6.45, 7) is 4.39. The van der Waals surface area contributed by atoms with Crippen molar-refractivity contribution in [2.24, 2.45) is 0 Å². The number of imide groups is 1. The molecule has 0 aliphatic carbocycles. The van der Waals surface area contributed by atoms with E-state index >= 15 is 0 Å². The molecule has 1 heterocycles. The van der Waals surface area contributed by atoms with Crippen LogP contribution in [0.15, 0.2) is 48.2 Å². The molecule has 0 atom stereocenters. The molecule has 1 saturated heterocycles. The molecule has 2 aromatic carbocycles. The fourth-order valence-corrected chi connectivity index (χ4v) is 2.67. The maximum absolute atomic E-state index is 12.6. The van der Waals surface area contributed by atoms with Gasteiger partial charge in [-0.15, -0.1) is 0 Å². The van der Waals surface area contributed by atoms with Crippen LogP contribution in [-0.4, -0.2) is 28.6 Å². The van der Waals surface area contributed by atoms with Gasteiger partial charge < -0.3 is 15.2 Å². The smallest absolute Gasteiger partial charge is 0.329 e. The number of amides is 3. The van der Waals surface area contributed by atoms with E-state index in [2.05, 4.69) is 5.32 Å². The number of aromatic hydroxyl groups is 1. The van der Waals surface area contributed by atoms with Crippen molar-refractivity contribution in [2.45, 2.75) is 20.4 Å². The van der Waals surface area contributed by atoms with Crippen molar-refractivity contribution < 1.29 is 19.4 Å². The van der Waals surface area contributed by atoms with Gasteiger partial charge in [0.1, 0.15) is 5.70 Å². The number of phenols is 1. The van der Waals surface area contributed by atoms with E-state index in [1.54, 1.807) is 18.2 Å². The number of nitrogens with one attached hydrogen (secondary N) is 1. The van der Waals surface area contributed by atoms with Crippen LogP contribution in [0.4, 0.5) is 4.79 Å². The van der Waals surface area contributed by atoms with Crippen LogP contribution in [0.5, 0.6) is 11.5 Å². The normalized spacial score (nSPS) is 15.5. The third kappa shape index (κ3) is 3.54. The van der Waals surface area contributed by atoms with Crippen molar-refractivity contribution in [3.8, 4) is 11.5 Å². The zero-order chi connectivity index (χ0) is 18.7. The Morgan fingerprint density at radius 3 is 2.58 bits per heavy atom. The summed E-state index contributed by atoms with van der Waals surface area (Å²) in [6.07, 6.45) is 1.45. The van der Waals surface area contributed by atoms with E-state index < -0.39 is 11.9 Å². The van der Waals surface area contributed by atoms with Crippen molar-refractivity contribution in [3.05, 3.63) is 64.9 Å². The van der Waals surface area contributed by atoms with Gasteiger partial charge in [0.2, 0.25) is 0 Å². The predicted octanol–water partition coefficient (Wildman–Crippen LogP) is 3.19. The number of hydrogen-bond donors (Lipinski definition) is 2. The van der Waals surface area contributed by atoms with E-state index in [-0.39, 0.29) is 18.0 Å². The number of carbonyl (C=O) groups is 2. The molecule has 3 amide bonds. The van der Waals surface area contributed by atoms with Crippen molar-refractivity contribution in [2.75, 3.05) is 6.61 Å². The summed E-state index contributed by atoms with van der Waals surface area (Å²) in [5.41, 5.74) is 2.49. The van der Waals surface area contributed by atoms with Crippen LogP contribution in [0.25, 0.3) is 6.08 Å². The van der Waals surface area contributed by atoms with E-state index in [0.717, 1.165) is 16.0 Å². The quantitative estimate of drug-likeness (QED) is 0.640. The Bertz CT molecular complexity index is 872. The molecule has 2 aromatic rings. The zero-order valence-electron chi connectivity index (χ0n) is 14.7. The lowest BCUT2D eigenvalue weighted by Crippen LogP contribution is -2.30. The van der Waals surface area contributed by atoms with Crippen LogP contribution in [-0.2, 0) is 11.3 Å². The van der Waals surface area contributed by atoms with Crippen LogP contribution in [0.3, 0.4) is 0 Å². The second-order valence-corrected chi connectivity index (χ2v) is 5.99. The third-order valence-electron chi connectivity index (χ3n) is 4.05. The SMILES string of the molecule is CCOc1cccc(/C=C2/NC(=O)N(Cc3ccc(C)cc3)C2=O)c1O. The predicted molar refractivity (Wildman–Crippen MR) is 97.5 cm³/mol. The second-order valence-electron chi connectivity index (χ2n) is 5.99.